The number of benzene rings is 1. The van der Waals surface area contributed by atoms with E-state index in [1.54, 1.807) is 29.4 Å². The highest BCUT2D eigenvalue weighted by molar-refractivity contribution is 9.10. The summed E-state index contributed by atoms with van der Waals surface area (Å²) in [5.41, 5.74) is 3.04. The van der Waals surface area contributed by atoms with Crippen molar-refractivity contribution in [1.29, 1.82) is 0 Å². The lowest BCUT2D eigenvalue weighted by Gasteiger charge is -2.27. The first-order valence-corrected chi connectivity index (χ1v) is 13.7. The average molecular weight is 604 g/mol. The van der Waals surface area contributed by atoms with E-state index in [9.17, 15) is 19.5 Å². The van der Waals surface area contributed by atoms with Crippen molar-refractivity contribution in [3.8, 4) is 11.1 Å². The Bertz CT molecular complexity index is 1670. The summed E-state index contributed by atoms with van der Waals surface area (Å²) in [5, 5.41) is 17.6. The molecule has 3 atom stereocenters. The first-order valence-electron chi connectivity index (χ1n) is 12.9. The first-order chi connectivity index (χ1) is 19.2. The molecule has 4 heterocycles. The fraction of sp³-hybridized carbons (Fsp3) is 0.321. The number of pyridine rings is 1. The van der Waals surface area contributed by atoms with E-state index >= 15 is 0 Å². The minimum Gasteiger partial charge on any atom is -0.392 e. The van der Waals surface area contributed by atoms with Gasteiger partial charge < -0.3 is 15.3 Å². The van der Waals surface area contributed by atoms with Gasteiger partial charge in [0.2, 0.25) is 11.8 Å². The first kappa shape index (κ1) is 26.2. The number of ketones is 1. The minimum absolute atomic E-state index is 0.00160. The van der Waals surface area contributed by atoms with Gasteiger partial charge in [0.05, 0.1) is 12.1 Å². The highest BCUT2D eigenvalue weighted by atomic mass is 79.9. The maximum absolute atomic E-state index is 13.7. The van der Waals surface area contributed by atoms with Crippen LogP contribution in [-0.4, -0.2) is 64.4 Å². The SMILES string of the molecule is CC(=O)c1nn(CC(=O)N2[C@@H]3C[C@@H]3C[C@H]2C(=O)Nc2nc(Br)ccc2CO)c2ccc(-c3cnc(C)nc3)cc12. The number of fused-ring (bicyclic) bond motifs is 2. The zero-order chi connectivity index (χ0) is 28.1. The molecule has 1 aromatic carbocycles. The highest BCUT2D eigenvalue weighted by Crippen LogP contribution is 2.48. The Labute approximate surface area is 237 Å². The van der Waals surface area contributed by atoms with E-state index in [4.69, 9.17) is 0 Å². The van der Waals surface area contributed by atoms with Crippen molar-refractivity contribution < 1.29 is 19.5 Å². The maximum Gasteiger partial charge on any atom is 0.248 e. The molecule has 2 amide bonds. The second kappa shape index (κ2) is 10.2. The number of hydrogen-bond acceptors (Lipinski definition) is 8. The number of aryl methyl sites for hydroxylation is 1. The predicted octanol–water partition coefficient (Wildman–Crippen LogP) is 3.28. The smallest absolute Gasteiger partial charge is 0.248 e. The van der Waals surface area contributed by atoms with Crippen molar-refractivity contribution in [3.05, 3.63) is 64.4 Å². The molecule has 6 rings (SSSR count). The Morgan fingerprint density at radius 3 is 2.60 bits per heavy atom. The van der Waals surface area contributed by atoms with Crippen molar-refractivity contribution in [1.82, 2.24) is 29.6 Å². The third-order valence-electron chi connectivity index (χ3n) is 7.53. The van der Waals surface area contributed by atoms with E-state index in [-0.39, 0.29) is 54.2 Å². The van der Waals surface area contributed by atoms with Gasteiger partial charge in [0, 0.05) is 41.9 Å². The summed E-state index contributed by atoms with van der Waals surface area (Å²) in [4.78, 5) is 53.9. The van der Waals surface area contributed by atoms with Crippen LogP contribution in [0.2, 0.25) is 0 Å². The lowest BCUT2D eigenvalue weighted by molar-refractivity contribution is -0.138. The van der Waals surface area contributed by atoms with Crippen LogP contribution < -0.4 is 5.32 Å². The van der Waals surface area contributed by atoms with Crippen LogP contribution in [0.15, 0.2) is 47.3 Å². The van der Waals surface area contributed by atoms with Crippen LogP contribution in [0, 0.1) is 12.8 Å². The number of nitrogens with one attached hydrogen (secondary N) is 1. The molecule has 2 fully saturated rings. The minimum atomic E-state index is -0.661. The molecule has 204 valence electrons. The summed E-state index contributed by atoms with van der Waals surface area (Å²) in [6, 6.07) is 8.28. The number of rotatable bonds is 7. The van der Waals surface area contributed by atoms with Gasteiger partial charge >= 0.3 is 0 Å². The number of anilines is 1. The second-order valence-electron chi connectivity index (χ2n) is 10.2. The number of aromatic nitrogens is 5. The molecule has 12 heteroatoms. The number of aliphatic hydroxyl groups is 1. The van der Waals surface area contributed by atoms with Gasteiger partial charge in [-0.1, -0.05) is 12.1 Å². The number of likely N-dealkylation sites (tertiary alicyclic amines) is 1. The third-order valence-corrected chi connectivity index (χ3v) is 7.98. The van der Waals surface area contributed by atoms with Gasteiger partial charge in [-0.3, -0.25) is 19.1 Å². The molecule has 1 saturated heterocycles. The van der Waals surface area contributed by atoms with E-state index in [0.29, 0.717) is 33.3 Å². The number of amides is 2. The fourth-order valence-electron chi connectivity index (χ4n) is 5.44. The van der Waals surface area contributed by atoms with E-state index in [1.165, 1.54) is 11.6 Å². The zero-order valence-corrected chi connectivity index (χ0v) is 23.4. The van der Waals surface area contributed by atoms with Crippen molar-refractivity contribution in [3.63, 3.8) is 0 Å². The molecule has 0 spiro atoms. The second-order valence-corrected chi connectivity index (χ2v) is 11.0. The van der Waals surface area contributed by atoms with Crippen molar-refractivity contribution in [2.24, 2.45) is 5.92 Å². The normalized spacial score (nSPS) is 19.5. The van der Waals surface area contributed by atoms with Gasteiger partial charge in [0.15, 0.2) is 5.78 Å². The van der Waals surface area contributed by atoms with Gasteiger partial charge in [0.1, 0.15) is 34.5 Å². The summed E-state index contributed by atoms with van der Waals surface area (Å²) < 4.78 is 2.06. The molecule has 1 saturated carbocycles. The van der Waals surface area contributed by atoms with E-state index in [0.717, 1.165) is 17.5 Å². The molecule has 2 N–H and O–H groups in total. The number of nitrogens with zero attached hydrogens (tertiary/aromatic N) is 6. The third kappa shape index (κ3) is 4.77. The quantitative estimate of drug-likeness (QED) is 0.242. The summed E-state index contributed by atoms with van der Waals surface area (Å²) in [5.74, 6) is 0.387. The maximum atomic E-state index is 13.7. The fourth-order valence-corrected chi connectivity index (χ4v) is 5.75. The van der Waals surface area contributed by atoms with E-state index in [1.807, 2.05) is 25.1 Å². The number of hydrogen-bond donors (Lipinski definition) is 2. The summed E-state index contributed by atoms with van der Waals surface area (Å²) in [7, 11) is 0. The monoisotopic (exact) mass is 603 g/mol. The molecule has 3 aromatic heterocycles. The van der Waals surface area contributed by atoms with Crippen LogP contribution in [0.5, 0.6) is 0 Å². The topological polar surface area (TPSA) is 143 Å². The summed E-state index contributed by atoms with van der Waals surface area (Å²) >= 11 is 3.29. The molecule has 11 nitrogen and oxygen atoms in total. The summed E-state index contributed by atoms with van der Waals surface area (Å²) in [6.07, 6.45) is 4.86. The largest absolute Gasteiger partial charge is 0.392 e. The molecule has 2 aliphatic rings. The van der Waals surface area contributed by atoms with E-state index < -0.39 is 6.04 Å². The van der Waals surface area contributed by atoms with Crippen molar-refractivity contribution in [2.75, 3.05) is 5.32 Å². The number of carbonyl (C=O) groups is 3. The molecule has 0 radical (unpaired) electrons. The standard InChI is InChI=1S/C28H26BrN7O4/c1-14(38)26-20-7-16(19-10-30-15(2)31-11-19)3-5-21(20)35(34-26)12-25(39)36-22-8-18(22)9-23(36)28(40)33-27-17(13-37)4-6-24(29)32-27/h3-7,10-11,18,22-23,37H,8-9,12-13H2,1-2H3,(H,32,33,40)/t18-,22-,23+/m1/s1. The zero-order valence-electron chi connectivity index (χ0n) is 21.8. The van der Waals surface area contributed by atoms with Crippen molar-refractivity contribution >= 4 is 50.2 Å². The van der Waals surface area contributed by atoms with Gasteiger partial charge in [0.25, 0.3) is 0 Å². The lowest BCUT2D eigenvalue weighted by Crippen LogP contribution is -2.47. The van der Waals surface area contributed by atoms with Crippen LogP contribution in [0.1, 0.15) is 41.6 Å². The molecule has 4 aromatic rings. The number of aliphatic hydroxyl groups excluding tert-OH is 1. The van der Waals surface area contributed by atoms with Gasteiger partial charge in [-0.25, -0.2) is 15.0 Å². The van der Waals surface area contributed by atoms with Crippen molar-refractivity contribution in [2.45, 2.75) is 51.9 Å². The Kier molecular flexibility index (Phi) is 6.67. The van der Waals surface area contributed by atoms with Crippen LogP contribution in [0.3, 0.4) is 0 Å². The Morgan fingerprint density at radius 1 is 1.10 bits per heavy atom. The molecule has 40 heavy (non-hydrogen) atoms. The number of carbonyl (C=O) groups excluding carboxylic acids is 3. The van der Waals surface area contributed by atoms with Crippen LogP contribution in [0.4, 0.5) is 5.82 Å². The Balaban J connectivity index is 1.27. The number of Topliss-reactive ketones (excluding diaryl/α,β-unsaturated/α-hetero) is 1. The molecule has 1 aliphatic heterocycles. The van der Waals surface area contributed by atoms with Gasteiger partial charge in [-0.05, 0) is 65.4 Å². The Morgan fingerprint density at radius 2 is 1.88 bits per heavy atom. The average Bonchev–Trinajstić information content (AvgIpc) is 3.44. The van der Waals surface area contributed by atoms with Gasteiger partial charge in [-0.2, -0.15) is 5.10 Å². The van der Waals surface area contributed by atoms with Crippen LogP contribution in [0.25, 0.3) is 22.0 Å². The highest BCUT2D eigenvalue weighted by Gasteiger charge is 2.56. The molecule has 1 aliphatic carbocycles. The number of halogens is 1. The summed E-state index contributed by atoms with van der Waals surface area (Å²) in [6.45, 7) is 2.87. The molecular weight excluding hydrogens is 578 g/mol. The molecule has 0 bridgehead atoms. The predicted molar refractivity (Wildman–Crippen MR) is 149 cm³/mol. The van der Waals surface area contributed by atoms with Crippen LogP contribution in [-0.2, 0) is 22.7 Å². The Hall–Kier alpha value is -4.03. The van der Waals surface area contributed by atoms with Crippen LogP contribution >= 0.6 is 15.9 Å². The molecular formula is C28H26BrN7O4. The van der Waals surface area contributed by atoms with Gasteiger partial charge in [-0.15, -0.1) is 0 Å². The number of piperidine rings is 1. The van der Waals surface area contributed by atoms with E-state index in [2.05, 4.69) is 41.3 Å². The lowest BCUT2D eigenvalue weighted by atomic mass is 10.0. The molecule has 0 unspecified atom stereocenters.